The lowest BCUT2D eigenvalue weighted by molar-refractivity contribution is -0.136. The summed E-state index contributed by atoms with van der Waals surface area (Å²) in [5.74, 6) is -1.63. The molecule has 31 heavy (non-hydrogen) atoms. The maximum absolute atomic E-state index is 13.2. The van der Waals surface area contributed by atoms with Gasteiger partial charge in [0.15, 0.2) is 0 Å². The van der Waals surface area contributed by atoms with Gasteiger partial charge in [-0.1, -0.05) is 13.8 Å². The molecule has 0 fully saturated rings. The van der Waals surface area contributed by atoms with Crippen LogP contribution in [0.2, 0.25) is 0 Å². The molecule has 0 aliphatic carbocycles. The van der Waals surface area contributed by atoms with E-state index < -0.39 is 5.92 Å². The number of nitrogens with one attached hydrogen (secondary N) is 2. The van der Waals surface area contributed by atoms with Crippen molar-refractivity contribution in [3.63, 3.8) is 0 Å². The van der Waals surface area contributed by atoms with Crippen LogP contribution in [0.3, 0.4) is 0 Å². The van der Waals surface area contributed by atoms with Crippen LogP contribution in [0.15, 0.2) is 23.0 Å². The number of hydrogen-bond donors (Lipinski definition) is 2. The Bertz CT molecular complexity index is 659. The summed E-state index contributed by atoms with van der Waals surface area (Å²) in [6.45, 7) is 3.99. The molecule has 10 heteroatoms. The lowest BCUT2D eigenvalue weighted by Gasteiger charge is -2.27. The van der Waals surface area contributed by atoms with Crippen molar-refractivity contribution in [3.8, 4) is 0 Å². The zero-order valence-electron chi connectivity index (χ0n) is 18.1. The van der Waals surface area contributed by atoms with Crippen LogP contribution in [0.1, 0.15) is 39.5 Å². The predicted molar refractivity (Wildman–Crippen MR) is 124 cm³/mol. The molecule has 2 N–H and O–H groups in total. The summed E-state index contributed by atoms with van der Waals surface area (Å²) in [4.78, 5) is 62.3. The van der Waals surface area contributed by atoms with E-state index in [1.807, 2.05) is 0 Å². The number of rotatable bonds is 9. The third-order valence-corrected chi connectivity index (χ3v) is 6.33. The molecule has 0 aromatic rings. The summed E-state index contributed by atoms with van der Waals surface area (Å²) in [5.41, 5.74) is 0. The zero-order valence-corrected chi connectivity index (χ0v) is 19.7. The number of nitrogens with zero attached hydrogens (tertiary/aromatic N) is 1. The molecular weight excluding hydrogens is 438 g/mol. The molecule has 3 amide bonds. The number of carbonyl (C=O) groups excluding carboxylic acids is 5. The number of thioether (sulfide) groups is 2. The van der Waals surface area contributed by atoms with E-state index in [0.29, 0.717) is 17.9 Å². The van der Waals surface area contributed by atoms with Gasteiger partial charge < -0.3 is 15.5 Å². The molecule has 0 bridgehead atoms. The van der Waals surface area contributed by atoms with Crippen LogP contribution in [-0.4, -0.2) is 65.5 Å². The van der Waals surface area contributed by atoms with E-state index in [-0.39, 0.29) is 68.3 Å². The normalized spacial score (nSPS) is 18.3. The van der Waals surface area contributed by atoms with Gasteiger partial charge in [-0.25, -0.2) is 0 Å². The average Bonchev–Trinajstić information content (AvgIpc) is 2.76. The van der Waals surface area contributed by atoms with E-state index in [9.17, 15) is 24.0 Å². The first-order chi connectivity index (χ1) is 14.9. The average molecular weight is 470 g/mol. The molecule has 0 saturated heterocycles. The van der Waals surface area contributed by atoms with Crippen LogP contribution in [0, 0.1) is 5.92 Å². The van der Waals surface area contributed by atoms with Crippen molar-refractivity contribution in [2.75, 3.05) is 31.3 Å². The molecule has 1 aliphatic heterocycles. The molecule has 8 nitrogen and oxygen atoms in total. The highest BCUT2D eigenvalue weighted by Crippen LogP contribution is 2.14. The standard InChI is InChI=1S/C21H31N3O5S2/c1-3-17(25)5-9-24(10-6-18(26)4-2)21(29)16-13-22-19(27)7-11-30-15-31-12-8-20(28)23-14-16/h7-8,11-12,16H,3-6,9-10,13-15H2,1-2H3,(H,22,27)(H,23,28)/b11-7+,12-8+. The van der Waals surface area contributed by atoms with Gasteiger partial charge in [0.05, 0.1) is 5.92 Å². The third-order valence-electron chi connectivity index (χ3n) is 4.58. The molecule has 0 unspecified atom stereocenters. The predicted octanol–water partition coefficient (Wildman–Crippen LogP) is 1.87. The van der Waals surface area contributed by atoms with E-state index >= 15 is 0 Å². The molecule has 0 atom stereocenters. The largest absolute Gasteiger partial charge is 0.352 e. The van der Waals surface area contributed by atoms with Crippen LogP contribution in [-0.2, 0) is 24.0 Å². The molecule has 1 aliphatic rings. The zero-order chi connectivity index (χ0) is 23.1. The molecular formula is C21H31N3O5S2. The van der Waals surface area contributed by atoms with Gasteiger partial charge >= 0.3 is 0 Å². The third kappa shape index (κ3) is 11.8. The van der Waals surface area contributed by atoms with Gasteiger partial charge in [0.1, 0.15) is 11.6 Å². The van der Waals surface area contributed by atoms with Crippen molar-refractivity contribution in [1.82, 2.24) is 15.5 Å². The molecule has 0 aromatic carbocycles. The second-order valence-corrected chi connectivity index (χ2v) is 9.01. The second kappa shape index (κ2) is 15.7. The SMILES string of the molecule is CCC(=O)CCN(CCC(=O)CC)C(=O)C1CNC(=O)/C=C/SCS/C=C/C(=O)NC1. The highest BCUT2D eigenvalue weighted by molar-refractivity contribution is 8.18. The van der Waals surface area contributed by atoms with E-state index in [1.54, 1.807) is 24.7 Å². The van der Waals surface area contributed by atoms with Gasteiger partial charge in [0.25, 0.3) is 0 Å². The minimum atomic E-state index is -0.716. The smallest absolute Gasteiger partial charge is 0.244 e. The summed E-state index contributed by atoms with van der Waals surface area (Å²) in [7, 11) is 0. The summed E-state index contributed by atoms with van der Waals surface area (Å²) < 4.78 is 0. The Morgan fingerprint density at radius 2 is 1.35 bits per heavy atom. The number of Topliss-reactive ketones (excluding diaryl/α,β-unsaturated/α-hetero) is 2. The Morgan fingerprint density at radius 3 is 1.77 bits per heavy atom. The van der Waals surface area contributed by atoms with Crippen molar-refractivity contribution >= 4 is 52.8 Å². The first-order valence-electron chi connectivity index (χ1n) is 10.3. The maximum Gasteiger partial charge on any atom is 0.244 e. The molecule has 0 spiro atoms. The summed E-state index contributed by atoms with van der Waals surface area (Å²) in [6, 6.07) is 0. The fraction of sp³-hybridized carbons (Fsp3) is 0.571. The first-order valence-corrected chi connectivity index (χ1v) is 12.4. The summed E-state index contributed by atoms with van der Waals surface area (Å²) in [6.07, 6.45) is 3.96. The van der Waals surface area contributed by atoms with Crippen LogP contribution in [0.25, 0.3) is 0 Å². The lowest BCUT2D eigenvalue weighted by Crippen LogP contribution is -2.47. The van der Waals surface area contributed by atoms with Gasteiger partial charge in [0.2, 0.25) is 17.7 Å². The monoisotopic (exact) mass is 469 g/mol. The molecule has 0 aromatic heterocycles. The number of amides is 3. The van der Waals surface area contributed by atoms with E-state index in [1.165, 1.54) is 40.6 Å². The molecule has 0 saturated carbocycles. The summed E-state index contributed by atoms with van der Waals surface area (Å²) >= 11 is 2.84. The van der Waals surface area contributed by atoms with Crippen molar-refractivity contribution in [2.45, 2.75) is 39.5 Å². The van der Waals surface area contributed by atoms with Gasteiger partial charge in [-0.05, 0) is 10.8 Å². The number of ketones is 2. The van der Waals surface area contributed by atoms with Gasteiger partial charge in [-0.15, -0.1) is 23.5 Å². The second-order valence-electron chi connectivity index (χ2n) is 6.85. The van der Waals surface area contributed by atoms with Crippen molar-refractivity contribution < 1.29 is 24.0 Å². The molecule has 0 radical (unpaired) electrons. The van der Waals surface area contributed by atoms with Gasteiger partial charge in [0, 0.05) is 69.1 Å². The lowest BCUT2D eigenvalue weighted by atomic mass is 10.1. The Labute approximate surface area is 192 Å². The first kappa shape index (κ1) is 27.0. The Morgan fingerprint density at radius 1 is 0.903 bits per heavy atom. The van der Waals surface area contributed by atoms with Gasteiger partial charge in [-0.2, -0.15) is 0 Å². The van der Waals surface area contributed by atoms with Crippen molar-refractivity contribution in [3.05, 3.63) is 23.0 Å². The number of hydrogen-bond acceptors (Lipinski definition) is 7. The minimum absolute atomic E-state index is 0.0255. The van der Waals surface area contributed by atoms with Crippen molar-refractivity contribution in [2.24, 2.45) is 5.92 Å². The van der Waals surface area contributed by atoms with Crippen LogP contribution in [0.5, 0.6) is 0 Å². The summed E-state index contributed by atoms with van der Waals surface area (Å²) in [5, 5.41) is 9.38. The van der Waals surface area contributed by atoms with Crippen LogP contribution >= 0.6 is 23.5 Å². The van der Waals surface area contributed by atoms with Crippen molar-refractivity contribution in [1.29, 1.82) is 0 Å². The minimum Gasteiger partial charge on any atom is -0.352 e. The van der Waals surface area contributed by atoms with Gasteiger partial charge in [-0.3, -0.25) is 24.0 Å². The molecule has 1 heterocycles. The number of carbonyl (C=O) groups is 5. The van der Waals surface area contributed by atoms with E-state index in [4.69, 9.17) is 0 Å². The maximum atomic E-state index is 13.2. The Hall–Kier alpha value is -2.07. The van der Waals surface area contributed by atoms with E-state index in [0.717, 1.165) is 0 Å². The highest BCUT2D eigenvalue weighted by atomic mass is 32.2. The highest BCUT2D eigenvalue weighted by Gasteiger charge is 2.26. The fourth-order valence-electron chi connectivity index (χ4n) is 2.61. The van der Waals surface area contributed by atoms with Crippen LogP contribution in [0.4, 0.5) is 0 Å². The van der Waals surface area contributed by atoms with E-state index in [2.05, 4.69) is 10.6 Å². The van der Waals surface area contributed by atoms with Crippen LogP contribution < -0.4 is 10.6 Å². The topological polar surface area (TPSA) is 113 Å². The fourth-order valence-corrected chi connectivity index (χ4v) is 4.00. The Balaban J connectivity index is 2.94. The quantitative estimate of drug-likeness (QED) is 0.530. The molecule has 1 rings (SSSR count). The Kier molecular flexibility index (Phi) is 13.6. The molecule has 172 valence electrons.